The van der Waals surface area contributed by atoms with E-state index in [0.29, 0.717) is 5.82 Å². The molecule has 0 unspecified atom stereocenters. The summed E-state index contributed by atoms with van der Waals surface area (Å²) in [4.78, 5) is 22.6. The number of carbonyl (C=O) groups is 1. The predicted octanol–water partition coefficient (Wildman–Crippen LogP) is 3.51. The van der Waals surface area contributed by atoms with Crippen molar-refractivity contribution >= 4 is 29.1 Å². The highest BCUT2D eigenvalue weighted by atomic mass is 35.5. The van der Waals surface area contributed by atoms with Crippen molar-refractivity contribution in [2.45, 2.75) is 19.3 Å². The molecule has 1 aliphatic heterocycles. The maximum atomic E-state index is 13.8. The van der Waals surface area contributed by atoms with Gasteiger partial charge in [0.2, 0.25) is 0 Å². The lowest BCUT2D eigenvalue weighted by Gasteiger charge is -2.27. The highest BCUT2D eigenvalue weighted by Crippen LogP contribution is 2.22. The number of carbonyl (C=O) groups excluding carboxylic acids is 1. The number of halogens is 2. The number of benzene rings is 1. The number of aromatic nitrogens is 2. The maximum Gasteiger partial charge on any atom is 0.261 e. The van der Waals surface area contributed by atoms with E-state index in [-0.39, 0.29) is 10.6 Å². The van der Waals surface area contributed by atoms with Gasteiger partial charge in [-0.3, -0.25) is 4.79 Å². The van der Waals surface area contributed by atoms with Gasteiger partial charge >= 0.3 is 0 Å². The van der Waals surface area contributed by atoms with Crippen LogP contribution >= 0.6 is 11.6 Å². The van der Waals surface area contributed by atoms with E-state index in [1.165, 1.54) is 30.9 Å². The Hall–Kier alpha value is -2.21. The molecule has 1 amide bonds. The lowest BCUT2D eigenvalue weighted by atomic mass is 10.1. The fourth-order valence-electron chi connectivity index (χ4n) is 2.60. The minimum atomic E-state index is -0.666. The van der Waals surface area contributed by atoms with Crippen LogP contribution in [0.4, 0.5) is 16.0 Å². The number of hydrogen-bond acceptors (Lipinski definition) is 4. The molecule has 0 atom stereocenters. The van der Waals surface area contributed by atoms with Gasteiger partial charge in [0.15, 0.2) is 0 Å². The van der Waals surface area contributed by atoms with E-state index in [1.54, 1.807) is 6.07 Å². The molecule has 1 aromatic heterocycles. The summed E-state index contributed by atoms with van der Waals surface area (Å²) in [6.45, 7) is 1.87. The lowest BCUT2D eigenvalue weighted by Crippen LogP contribution is -2.30. The van der Waals surface area contributed by atoms with Crippen LogP contribution in [0.1, 0.15) is 29.6 Å². The van der Waals surface area contributed by atoms with Crippen LogP contribution in [0, 0.1) is 5.82 Å². The van der Waals surface area contributed by atoms with Gasteiger partial charge in [0.25, 0.3) is 5.91 Å². The third-order valence-electron chi connectivity index (χ3n) is 3.76. The van der Waals surface area contributed by atoms with Crippen molar-refractivity contribution in [1.82, 2.24) is 9.97 Å². The SMILES string of the molecule is O=C(Nc1cc(N2CCCCC2)ncn1)c1c(F)cccc1Cl. The van der Waals surface area contributed by atoms with Gasteiger partial charge in [0, 0.05) is 19.2 Å². The summed E-state index contributed by atoms with van der Waals surface area (Å²) in [7, 11) is 0. The van der Waals surface area contributed by atoms with Gasteiger partial charge in [-0.05, 0) is 31.4 Å². The smallest absolute Gasteiger partial charge is 0.261 e. The normalized spacial score (nSPS) is 14.6. The van der Waals surface area contributed by atoms with E-state index in [9.17, 15) is 9.18 Å². The molecule has 0 spiro atoms. The fourth-order valence-corrected chi connectivity index (χ4v) is 2.85. The summed E-state index contributed by atoms with van der Waals surface area (Å²) in [5, 5.41) is 2.64. The molecule has 2 aromatic rings. The number of amides is 1. The first kappa shape index (κ1) is 15.7. The lowest BCUT2D eigenvalue weighted by molar-refractivity contribution is 0.102. The van der Waals surface area contributed by atoms with Gasteiger partial charge in [-0.2, -0.15) is 0 Å². The van der Waals surface area contributed by atoms with E-state index in [1.807, 2.05) is 0 Å². The second kappa shape index (κ2) is 6.91. The van der Waals surface area contributed by atoms with E-state index in [2.05, 4.69) is 20.2 Å². The van der Waals surface area contributed by atoms with Crippen LogP contribution in [-0.2, 0) is 0 Å². The van der Waals surface area contributed by atoms with Crippen LogP contribution in [0.5, 0.6) is 0 Å². The first-order valence-corrected chi connectivity index (χ1v) is 7.85. The predicted molar refractivity (Wildman–Crippen MR) is 87.5 cm³/mol. The van der Waals surface area contributed by atoms with E-state index < -0.39 is 11.7 Å². The summed E-state index contributed by atoms with van der Waals surface area (Å²) in [5.74, 6) is -0.212. The topological polar surface area (TPSA) is 58.1 Å². The molecule has 1 saturated heterocycles. The highest BCUT2D eigenvalue weighted by molar-refractivity contribution is 6.34. The van der Waals surface area contributed by atoms with Crippen LogP contribution < -0.4 is 10.2 Å². The summed E-state index contributed by atoms with van der Waals surface area (Å²) < 4.78 is 13.8. The van der Waals surface area contributed by atoms with Crippen LogP contribution in [0.25, 0.3) is 0 Å². The van der Waals surface area contributed by atoms with Crippen molar-refractivity contribution in [3.8, 4) is 0 Å². The van der Waals surface area contributed by atoms with Crippen molar-refractivity contribution in [2.75, 3.05) is 23.3 Å². The first-order chi connectivity index (χ1) is 11.1. The molecular weight excluding hydrogens is 319 g/mol. The Kier molecular flexibility index (Phi) is 4.71. The van der Waals surface area contributed by atoms with Gasteiger partial charge in [0.05, 0.1) is 10.6 Å². The molecule has 0 bridgehead atoms. The average molecular weight is 335 g/mol. The molecule has 120 valence electrons. The Morgan fingerprint density at radius 3 is 2.74 bits per heavy atom. The molecule has 0 aliphatic carbocycles. The minimum absolute atomic E-state index is 0.0628. The zero-order valence-electron chi connectivity index (χ0n) is 12.4. The molecule has 5 nitrogen and oxygen atoms in total. The largest absolute Gasteiger partial charge is 0.356 e. The van der Waals surface area contributed by atoms with E-state index in [0.717, 1.165) is 31.7 Å². The molecule has 1 aliphatic rings. The fraction of sp³-hybridized carbons (Fsp3) is 0.312. The van der Waals surface area contributed by atoms with Gasteiger partial charge in [-0.25, -0.2) is 14.4 Å². The van der Waals surface area contributed by atoms with Crippen molar-refractivity contribution < 1.29 is 9.18 Å². The molecular formula is C16H16ClFN4O. The summed E-state index contributed by atoms with van der Waals surface area (Å²) in [5.41, 5.74) is -0.188. The third kappa shape index (κ3) is 3.59. The second-order valence-electron chi connectivity index (χ2n) is 5.36. The molecule has 7 heteroatoms. The Bertz CT molecular complexity index is 699. The quantitative estimate of drug-likeness (QED) is 0.933. The molecule has 1 fully saturated rings. The Labute approximate surface area is 138 Å². The number of anilines is 2. The summed E-state index contributed by atoms with van der Waals surface area (Å²) in [6.07, 6.45) is 4.85. The maximum absolute atomic E-state index is 13.8. The van der Waals surface area contributed by atoms with Gasteiger partial charge in [0.1, 0.15) is 23.8 Å². The molecule has 2 heterocycles. The Morgan fingerprint density at radius 1 is 1.22 bits per heavy atom. The zero-order chi connectivity index (χ0) is 16.2. The number of nitrogens with zero attached hydrogens (tertiary/aromatic N) is 3. The van der Waals surface area contributed by atoms with E-state index >= 15 is 0 Å². The monoisotopic (exact) mass is 334 g/mol. The second-order valence-corrected chi connectivity index (χ2v) is 5.77. The minimum Gasteiger partial charge on any atom is -0.356 e. The van der Waals surface area contributed by atoms with Crippen LogP contribution in [0.15, 0.2) is 30.6 Å². The highest BCUT2D eigenvalue weighted by Gasteiger charge is 2.17. The Morgan fingerprint density at radius 2 is 2.00 bits per heavy atom. The van der Waals surface area contributed by atoms with Crippen molar-refractivity contribution in [1.29, 1.82) is 0 Å². The van der Waals surface area contributed by atoms with Gasteiger partial charge in [-0.1, -0.05) is 17.7 Å². The van der Waals surface area contributed by atoms with Crippen molar-refractivity contribution in [3.05, 3.63) is 47.0 Å². The molecule has 0 radical (unpaired) electrons. The number of piperidine rings is 1. The number of nitrogens with one attached hydrogen (secondary N) is 1. The molecule has 1 N–H and O–H groups in total. The van der Waals surface area contributed by atoms with Crippen molar-refractivity contribution in [3.63, 3.8) is 0 Å². The standard InChI is InChI=1S/C16H16ClFN4O/c17-11-5-4-6-12(18)15(11)16(23)21-13-9-14(20-10-19-13)22-7-2-1-3-8-22/h4-6,9-10H,1-3,7-8H2,(H,19,20,21,23). The van der Waals surface area contributed by atoms with E-state index in [4.69, 9.17) is 11.6 Å². The average Bonchev–Trinajstić information content (AvgIpc) is 2.56. The third-order valence-corrected chi connectivity index (χ3v) is 4.08. The molecule has 23 heavy (non-hydrogen) atoms. The van der Waals surface area contributed by atoms with Crippen molar-refractivity contribution in [2.24, 2.45) is 0 Å². The zero-order valence-corrected chi connectivity index (χ0v) is 13.2. The van der Waals surface area contributed by atoms with Crippen LogP contribution in [0.2, 0.25) is 5.02 Å². The molecule has 1 aromatic carbocycles. The van der Waals surface area contributed by atoms with Gasteiger partial charge in [-0.15, -0.1) is 0 Å². The van der Waals surface area contributed by atoms with Gasteiger partial charge < -0.3 is 10.2 Å². The van der Waals surface area contributed by atoms with Crippen LogP contribution in [-0.4, -0.2) is 29.0 Å². The Balaban J connectivity index is 1.79. The summed E-state index contributed by atoms with van der Waals surface area (Å²) in [6, 6.07) is 5.81. The molecule has 0 saturated carbocycles. The summed E-state index contributed by atoms with van der Waals surface area (Å²) >= 11 is 5.90. The van der Waals surface area contributed by atoms with Crippen LogP contribution in [0.3, 0.4) is 0 Å². The first-order valence-electron chi connectivity index (χ1n) is 7.47. The molecule has 3 rings (SSSR count). The number of rotatable bonds is 3. The number of hydrogen-bond donors (Lipinski definition) is 1.